The summed E-state index contributed by atoms with van der Waals surface area (Å²) < 4.78 is 0. The molecule has 0 unspecified atom stereocenters. The van der Waals surface area contributed by atoms with Gasteiger partial charge in [-0.15, -0.1) is 0 Å². The van der Waals surface area contributed by atoms with Gasteiger partial charge < -0.3 is 0 Å². The van der Waals surface area contributed by atoms with E-state index in [9.17, 15) is 0 Å². The van der Waals surface area contributed by atoms with Crippen LogP contribution in [0.1, 0.15) is 0 Å². The highest BCUT2D eigenvalue weighted by molar-refractivity contribution is 6.04. The van der Waals surface area contributed by atoms with Crippen molar-refractivity contribution in [3.63, 3.8) is 0 Å². The molecule has 0 nitrogen and oxygen atoms in total. The molecule has 0 bridgehead atoms. The fraction of sp³-hybridized carbons (Fsp3) is 0. The Kier molecular flexibility index (Phi) is 1.92. The topological polar surface area (TPSA) is 0 Å². The lowest BCUT2D eigenvalue weighted by Gasteiger charge is -2.04. The van der Waals surface area contributed by atoms with E-state index in [1.807, 2.05) is 24.3 Å². The van der Waals surface area contributed by atoms with Gasteiger partial charge in [-0.05, 0) is 68.7 Å². The van der Waals surface area contributed by atoms with E-state index in [2.05, 4.69) is 48.5 Å². The summed E-state index contributed by atoms with van der Waals surface area (Å²) in [7, 11) is 0. The number of hydrogen-bond donors (Lipinski definition) is 0. The van der Waals surface area contributed by atoms with Gasteiger partial charge >= 0.3 is 0 Å². The fourth-order valence-electron chi connectivity index (χ4n) is 2.49. The molecular weight excluding hydrogens is 216 g/mol. The van der Waals surface area contributed by atoms with Crippen LogP contribution in [-0.4, -0.2) is 0 Å². The minimum Gasteiger partial charge on any atom is -0.0610 e. The highest BCUT2D eigenvalue weighted by atomic mass is 14.0. The minimum atomic E-state index is 1.17. The van der Waals surface area contributed by atoms with Crippen LogP contribution in [0.5, 0.6) is 0 Å². The van der Waals surface area contributed by atoms with E-state index in [1.165, 1.54) is 32.3 Å². The maximum absolute atomic E-state index is 3.28. The molecule has 0 aliphatic carbocycles. The zero-order valence-electron chi connectivity index (χ0n) is 9.77. The molecule has 0 saturated heterocycles. The van der Waals surface area contributed by atoms with Crippen molar-refractivity contribution in [2.75, 3.05) is 0 Å². The van der Waals surface area contributed by atoms with Crippen LogP contribution in [0.3, 0.4) is 0 Å². The van der Waals surface area contributed by atoms with Crippen molar-refractivity contribution < 1.29 is 0 Å². The van der Waals surface area contributed by atoms with Gasteiger partial charge in [0.25, 0.3) is 0 Å². The molecule has 0 aliphatic heterocycles. The second-order valence-electron chi connectivity index (χ2n) is 4.57. The normalized spacial score (nSPS) is 11.3. The molecule has 0 aromatic heterocycles. The smallest absolute Gasteiger partial charge is 0.00988 e. The molecule has 0 atom stereocenters. The Morgan fingerprint density at radius 3 is 1.56 bits per heavy atom. The third-order valence-electron chi connectivity index (χ3n) is 3.40. The van der Waals surface area contributed by atoms with Crippen molar-refractivity contribution in [3.05, 3.63) is 72.8 Å². The summed E-state index contributed by atoms with van der Waals surface area (Å²) in [6.07, 6.45) is 0. The maximum Gasteiger partial charge on any atom is -0.00988 e. The van der Waals surface area contributed by atoms with Crippen molar-refractivity contribution in [1.29, 1.82) is 0 Å². The molecule has 4 aromatic carbocycles. The van der Waals surface area contributed by atoms with Crippen molar-refractivity contribution in [2.24, 2.45) is 0 Å². The second-order valence-corrected chi connectivity index (χ2v) is 4.57. The van der Waals surface area contributed by atoms with Crippen LogP contribution in [0.2, 0.25) is 0 Å². The lowest BCUT2D eigenvalue weighted by molar-refractivity contribution is 1.76. The van der Waals surface area contributed by atoms with E-state index in [4.69, 9.17) is 0 Å². The quantitative estimate of drug-likeness (QED) is 0.380. The minimum absolute atomic E-state index is 1.17. The summed E-state index contributed by atoms with van der Waals surface area (Å²) in [6, 6.07) is 27.7. The van der Waals surface area contributed by atoms with Crippen molar-refractivity contribution in [2.45, 2.75) is 0 Å². The third kappa shape index (κ3) is 1.39. The molecule has 0 aliphatic rings. The molecule has 2 radical (unpaired) electrons. The van der Waals surface area contributed by atoms with Crippen molar-refractivity contribution >= 4 is 32.3 Å². The zero-order valence-corrected chi connectivity index (χ0v) is 9.77. The molecule has 18 heavy (non-hydrogen) atoms. The van der Waals surface area contributed by atoms with E-state index < -0.39 is 0 Å². The molecular formula is C18H10. The molecule has 0 fully saturated rings. The molecule has 0 heteroatoms. The van der Waals surface area contributed by atoms with Crippen molar-refractivity contribution in [1.82, 2.24) is 0 Å². The summed E-state index contributed by atoms with van der Waals surface area (Å²) in [5.74, 6) is 0. The predicted molar refractivity (Wildman–Crippen MR) is 76.6 cm³/mol. The van der Waals surface area contributed by atoms with E-state index >= 15 is 0 Å². The Labute approximate surface area is 105 Å². The molecule has 4 rings (SSSR count). The summed E-state index contributed by atoms with van der Waals surface area (Å²) in [5.41, 5.74) is 0. The summed E-state index contributed by atoms with van der Waals surface area (Å²) in [6.45, 7) is 0. The van der Waals surface area contributed by atoms with Gasteiger partial charge in [-0.3, -0.25) is 0 Å². The van der Waals surface area contributed by atoms with E-state index in [1.54, 1.807) is 0 Å². The van der Waals surface area contributed by atoms with Crippen molar-refractivity contribution in [3.8, 4) is 0 Å². The SMILES string of the molecule is [c]1cccc2cc3cc4[c]cccc4cc3cc12. The Morgan fingerprint density at radius 2 is 1.06 bits per heavy atom. The van der Waals surface area contributed by atoms with Crippen LogP contribution in [0.25, 0.3) is 32.3 Å². The highest BCUT2D eigenvalue weighted by Gasteiger charge is 2.00. The lowest BCUT2D eigenvalue weighted by atomic mass is 10.00. The Hall–Kier alpha value is -2.34. The van der Waals surface area contributed by atoms with Gasteiger partial charge in [0.2, 0.25) is 0 Å². The van der Waals surface area contributed by atoms with Gasteiger partial charge in [-0.1, -0.05) is 36.4 Å². The predicted octanol–water partition coefficient (Wildman–Crippen LogP) is 4.75. The maximum atomic E-state index is 3.28. The second kappa shape index (κ2) is 3.58. The van der Waals surface area contributed by atoms with Crippen LogP contribution < -0.4 is 0 Å². The molecule has 82 valence electrons. The molecule has 0 saturated carbocycles. The average Bonchev–Trinajstić information content (AvgIpc) is 2.42. The lowest BCUT2D eigenvalue weighted by Crippen LogP contribution is -1.78. The number of benzene rings is 4. The van der Waals surface area contributed by atoms with Gasteiger partial charge in [-0.2, -0.15) is 0 Å². The van der Waals surface area contributed by atoms with Gasteiger partial charge in [0.15, 0.2) is 0 Å². The van der Waals surface area contributed by atoms with Gasteiger partial charge in [-0.25, -0.2) is 0 Å². The van der Waals surface area contributed by atoms with E-state index in [0.717, 1.165) is 0 Å². The monoisotopic (exact) mass is 226 g/mol. The largest absolute Gasteiger partial charge is 0.0610 e. The van der Waals surface area contributed by atoms with E-state index in [-0.39, 0.29) is 0 Å². The number of fused-ring (bicyclic) bond motifs is 3. The zero-order chi connectivity index (χ0) is 11.9. The number of hydrogen-bond acceptors (Lipinski definition) is 0. The fourth-order valence-corrected chi connectivity index (χ4v) is 2.49. The third-order valence-corrected chi connectivity index (χ3v) is 3.40. The van der Waals surface area contributed by atoms with Crippen LogP contribution in [0, 0.1) is 12.1 Å². The van der Waals surface area contributed by atoms with Crippen LogP contribution in [0.15, 0.2) is 60.7 Å². The van der Waals surface area contributed by atoms with Gasteiger partial charge in [0.1, 0.15) is 0 Å². The Bertz CT molecular complexity index is 728. The molecule has 0 amide bonds. The van der Waals surface area contributed by atoms with Gasteiger partial charge in [0.05, 0.1) is 0 Å². The first-order valence-corrected chi connectivity index (χ1v) is 6.05. The van der Waals surface area contributed by atoms with E-state index in [0.29, 0.717) is 0 Å². The number of rotatable bonds is 0. The van der Waals surface area contributed by atoms with Crippen LogP contribution in [0.4, 0.5) is 0 Å². The first-order valence-electron chi connectivity index (χ1n) is 6.05. The molecule has 0 heterocycles. The highest BCUT2D eigenvalue weighted by Crippen LogP contribution is 2.26. The Balaban J connectivity index is 2.20. The molecule has 0 N–H and O–H groups in total. The Morgan fingerprint density at radius 1 is 0.556 bits per heavy atom. The summed E-state index contributed by atoms with van der Waals surface area (Å²) in [5, 5.41) is 7.34. The first kappa shape index (κ1) is 9.67. The van der Waals surface area contributed by atoms with Crippen LogP contribution in [-0.2, 0) is 0 Å². The summed E-state index contributed by atoms with van der Waals surface area (Å²) in [4.78, 5) is 0. The average molecular weight is 226 g/mol. The standard InChI is InChI=1S/C18H10/c1-2-6-14-10-18-12-16-8-4-3-7-15(16)11-17(18)9-13(14)5-1/h1-5,8-12H. The van der Waals surface area contributed by atoms with Gasteiger partial charge in [0, 0.05) is 0 Å². The van der Waals surface area contributed by atoms with Crippen LogP contribution >= 0.6 is 0 Å². The summed E-state index contributed by atoms with van der Waals surface area (Å²) >= 11 is 0. The molecule has 4 aromatic rings. The molecule has 0 spiro atoms. The first-order chi connectivity index (χ1) is 8.90.